The van der Waals surface area contributed by atoms with Crippen LogP contribution in [0.4, 0.5) is 0 Å². The van der Waals surface area contributed by atoms with Crippen LogP contribution >= 0.6 is 0 Å². The first-order valence-corrected chi connectivity index (χ1v) is 33.5. The lowest BCUT2D eigenvalue weighted by molar-refractivity contribution is -0.167. The fourth-order valence-corrected chi connectivity index (χ4v) is 10.0. The number of hydrogen-bond donors (Lipinski definition) is 0. The molecule has 75 heavy (non-hydrogen) atoms. The number of allylic oxidation sites excluding steroid dienone is 6. The van der Waals surface area contributed by atoms with Gasteiger partial charge in [-0.1, -0.05) is 288 Å². The van der Waals surface area contributed by atoms with E-state index in [-0.39, 0.29) is 31.1 Å². The maximum Gasteiger partial charge on any atom is 0.306 e. The Balaban J connectivity index is 4.16. The summed E-state index contributed by atoms with van der Waals surface area (Å²) in [6.07, 6.45) is 78.9. The lowest BCUT2D eigenvalue weighted by atomic mass is 10.0. The van der Waals surface area contributed by atoms with Crippen molar-refractivity contribution in [2.24, 2.45) is 0 Å². The van der Waals surface area contributed by atoms with Gasteiger partial charge in [-0.15, -0.1) is 0 Å². The van der Waals surface area contributed by atoms with Crippen molar-refractivity contribution in [1.29, 1.82) is 0 Å². The van der Waals surface area contributed by atoms with Gasteiger partial charge in [0.15, 0.2) is 6.10 Å². The van der Waals surface area contributed by atoms with Crippen molar-refractivity contribution in [2.75, 3.05) is 13.2 Å². The second kappa shape index (κ2) is 64.2. The van der Waals surface area contributed by atoms with Crippen molar-refractivity contribution < 1.29 is 28.6 Å². The number of carbonyl (C=O) groups excluding carboxylic acids is 3. The zero-order valence-electron chi connectivity index (χ0n) is 50.6. The number of rotatable bonds is 62. The summed E-state index contributed by atoms with van der Waals surface area (Å²) in [4.78, 5) is 38.3. The van der Waals surface area contributed by atoms with Crippen molar-refractivity contribution in [1.82, 2.24) is 0 Å². The van der Waals surface area contributed by atoms with E-state index in [1.54, 1.807) is 0 Å². The molecule has 0 radical (unpaired) electrons. The predicted octanol–water partition coefficient (Wildman–Crippen LogP) is 22.8. The first-order chi connectivity index (χ1) is 37.0. The zero-order valence-corrected chi connectivity index (χ0v) is 50.6. The van der Waals surface area contributed by atoms with Gasteiger partial charge in [-0.05, 0) is 96.3 Å². The summed E-state index contributed by atoms with van der Waals surface area (Å²) in [5, 5.41) is 0. The summed E-state index contributed by atoms with van der Waals surface area (Å²) < 4.78 is 16.9. The van der Waals surface area contributed by atoms with Gasteiger partial charge in [-0.25, -0.2) is 0 Å². The summed E-state index contributed by atoms with van der Waals surface area (Å²) in [6, 6.07) is 0. The lowest BCUT2D eigenvalue weighted by Crippen LogP contribution is -2.30. The van der Waals surface area contributed by atoms with Crippen LogP contribution in [-0.2, 0) is 28.6 Å². The molecule has 0 rings (SSSR count). The summed E-state index contributed by atoms with van der Waals surface area (Å²) in [5.74, 6) is -0.870. The first-order valence-electron chi connectivity index (χ1n) is 33.5. The highest BCUT2D eigenvalue weighted by atomic mass is 16.6. The van der Waals surface area contributed by atoms with Crippen LogP contribution in [0.5, 0.6) is 0 Å². The van der Waals surface area contributed by atoms with Gasteiger partial charge < -0.3 is 14.2 Å². The average Bonchev–Trinajstić information content (AvgIpc) is 3.41. The minimum atomic E-state index is -0.778. The first kappa shape index (κ1) is 72.6. The van der Waals surface area contributed by atoms with Crippen LogP contribution in [0.1, 0.15) is 367 Å². The molecule has 0 bridgehead atoms. The van der Waals surface area contributed by atoms with Crippen molar-refractivity contribution >= 4 is 17.9 Å². The third kappa shape index (κ3) is 62.4. The van der Waals surface area contributed by atoms with Crippen LogP contribution < -0.4 is 0 Å². The molecule has 1 unspecified atom stereocenters. The highest BCUT2D eigenvalue weighted by Gasteiger charge is 2.19. The SMILES string of the molecule is CCCCCC/C=C\CCCCCCCC(=O)OCC(COC(=O)CCCCCCCCCCCCCCCCCCC/C=C\CCCCCCCCCC)OC(=O)CCCCCCC/C=C\CCCCCCCC. The molecule has 0 saturated heterocycles. The van der Waals surface area contributed by atoms with Crippen molar-refractivity contribution in [2.45, 2.75) is 374 Å². The number of carbonyl (C=O) groups is 3. The van der Waals surface area contributed by atoms with E-state index in [1.165, 1.54) is 257 Å². The van der Waals surface area contributed by atoms with Gasteiger partial charge in [0.25, 0.3) is 0 Å². The van der Waals surface area contributed by atoms with E-state index < -0.39 is 6.10 Å². The lowest BCUT2D eigenvalue weighted by Gasteiger charge is -2.18. The largest absolute Gasteiger partial charge is 0.462 e. The summed E-state index contributed by atoms with van der Waals surface area (Å²) in [6.45, 7) is 6.66. The smallest absolute Gasteiger partial charge is 0.306 e. The van der Waals surface area contributed by atoms with Crippen LogP contribution in [0.25, 0.3) is 0 Å². The zero-order chi connectivity index (χ0) is 54.3. The van der Waals surface area contributed by atoms with Crippen LogP contribution in [0, 0.1) is 0 Å². The molecule has 0 N–H and O–H groups in total. The van der Waals surface area contributed by atoms with E-state index in [0.717, 1.165) is 70.6 Å². The molecule has 440 valence electrons. The fraction of sp³-hybridized carbons (Fsp3) is 0.870. The maximum absolute atomic E-state index is 12.9. The minimum Gasteiger partial charge on any atom is -0.462 e. The number of hydrogen-bond acceptors (Lipinski definition) is 6. The summed E-state index contributed by atoms with van der Waals surface area (Å²) in [5.41, 5.74) is 0. The van der Waals surface area contributed by atoms with Gasteiger partial charge in [0.05, 0.1) is 0 Å². The Bertz CT molecular complexity index is 1250. The molecule has 0 aromatic heterocycles. The normalized spacial score (nSPS) is 12.2. The molecule has 0 aromatic carbocycles. The third-order valence-corrected chi connectivity index (χ3v) is 15.1. The molecule has 0 aromatic rings. The Morgan fingerprint density at radius 2 is 0.440 bits per heavy atom. The maximum atomic E-state index is 12.9. The fourth-order valence-electron chi connectivity index (χ4n) is 10.0. The van der Waals surface area contributed by atoms with Gasteiger partial charge >= 0.3 is 17.9 Å². The Kier molecular flexibility index (Phi) is 62.1. The van der Waals surface area contributed by atoms with Crippen LogP contribution in [0.2, 0.25) is 0 Å². The molecule has 6 heteroatoms. The molecule has 0 aliphatic heterocycles. The van der Waals surface area contributed by atoms with Crippen LogP contribution in [0.3, 0.4) is 0 Å². The standard InChI is InChI=1S/C69H128O6/c1-4-7-10-13-16-19-22-25-27-28-29-30-31-32-33-34-35-36-37-38-39-40-42-44-47-50-53-56-59-62-68(71)74-65-66(64-73-67(70)61-58-55-52-49-46-43-24-21-18-15-12-9-6-3)75-69(72)63-60-57-54-51-48-45-41-26-23-20-17-14-11-8-5-2/h21,24,26,28-29,41,66H,4-20,22-23,25,27,30-40,42-65H2,1-3H3/b24-21-,29-28-,41-26-. The number of ether oxygens (including phenoxy) is 3. The van der Waals surface area contributed by atoms with Gasteiger partial charge in [-0.2, -0.15) is 0 Å². The molecule has 0 amide bonds. The van der Waals surface area contributed by atoms with Crippen molar-refractivity contribution in [3.63, 3.8) is 0 Å². The Morgan fingerprint density at radius 3 is 0.680 bits per heavy atom. The molecule has 0 aliphatic carbocycles. The van der Waals surface area contributed by atoms with Crippen LogP contribution in [0.15, 0.2) is 36.5 Å². The monoisotopic (exact) mass is 1050 g/mol. The molecule has 1 atom stereocenters. The molecule has 0 saturated carbocycles. The quantitative estimate of drug-likeness (QED) is 0.0261. The Labute approximate surface area is 467 Å². The van der Waals surface area contributed by atoms with E-state index in [4.69, 9.17) is 14.2 Å². The minimum absolute atomic E-state index is 0.0743. The van der Waals surface area contributed by atoms with E-state index >= 15 is 0 Å². The number of esters is 3. The van der Waals surface area contributed by atoms with Gasteiger partial charge in [0.2, 0.25) is 0 Å². The van der Waals surface area contributed by atoms with E-state index in [0.29, 0.717) is 19.3 Å². The van der Waals surface area contributed by atoms with Crippen molar-refractivity contribution in [3.05, 3.63) is 36.5 Å². The molecule has 0 fully saturated rings. The Morgan fingerprint density at radius 1 is 0.253 bits per heavy atom. The second-order valence-corrected chi connectivity index (χ2v) is 22.7. The highest BCUT2D eigenvalue weighted by Crippen LogP contribution is 2.17. The third-order valence-electron chi connectivity index (χ3n) is 15.1. The van der Waals surface area contributed by atoms with E-state index in [1.807, 2.05) is 0 Å². The summed E-state index contributed by atoms with van der Waals surface area (Å²) >= 11 is 0. The van der Waals surface area contributed by atoms with Crippen LogP contribution in [-0.4, -0.2) is 37.2 Å². The predicted molar refractivity (Wildman–Crippen MR) is 326 cm³/mol. The summed E-state index contributed by atoms with van der Waals surface area (Å²) in [7, 11) is 0. The topological polar surface area (TPSA) is 78.9 Å². The Hall–Kier alpha value is -2.37. The molecule has 6 nitrogen and oxygen atoms in total. The van der Waals surface area contributed by atoms with Gasteiger partial charge in [0, 0.05) is 19.3 Å². The molecule has 0 heterocycles. The van der Waals surface area contributed by atoms with Gasteiger partial charge in [0.1, 0.15) is 13.2 Å². The van der Waals surface area contributed by atoms with E-state index in [2.05, 4.69) is 57.2 Å². The average molecular weight is 1050 g/mol. The van der Waals surface area contributed by atoms with Crippen molar-refractivity contribution in [3.8, 4) is 0 Å². The van der Waals surface area contributed by atoms with Gasteiger partial charge in [-0.3, -0.25) is 14.4 Å². The molecular weight excluding hydrogens is 925 g/mol. The molecular formula is C69H128O6. The molecule has 0 aliphatic rings. The second-order valence-electron chi connectivity index (χ2n) is 22.7. The highest BCUT2D eigenvalue weighted by molar-refractivity contribution is 5.71. The van der Waals surface area contributed by atoms with E-state index in [9.17, 15) is 14.4 Å². The number of unbranched alkanes of at least 4 members (excludes halogenated alkanes) is 45. The molecule has 0 spiro atoms.